The Morgan fingerprint density at radius 1 is 1.29 bits per heavy atom. The lowest BCUT2D eigenvalue weighted by Gasteiger charge is -2.62. The molecule has 6 rings (SSSR count). The number of Topliss-reactive ketones (excluding diaryl/α,β-unsaturated/α-hetero) is 1. The highest BCUT2D eigenvalue weighted by Crippen LogP contribution is 2.64. The Morgan fingerprint density at radius 3 is 2.75 bits per heavy atom. The lowest BCUT2D eigenvalue weighted by Crippen LogP contribution is -2.76. The Bertz CT molecular complexity index is 852. The molecule has 3 aliphatic carbocycles. The van der Waals surface area contributed by atoms with Gasteiger partial charge in [-0.15, -0.1) is 0 Å². The first kappa shape index (κ1) is 17.9. The first-order valence-electron chi connectivity index (χ1n) is 10.0. The van der Waals surface area contributed by atoms with E-state index in [9.17, 15) is 15.0 Å². The zero-order chi connectivity index (χ0) is 19.7. The van der Waals surface area contributed by atoms with Crippen LogP contribution in [0.1, 0.15) is 43.2 Å². The van der Waals surface area contributed by atoms with Crippen LogP contribution in [-0.2, 0) is 21.4 Å². The summed E-state index contributed by atoms with van der Waals surface area (Å²) in [6.45, 7) is 1.70. The van der Waals surface area contributed by atoms with Gasteiger partial charge in [-0.2, -0.15) is 0 Å². The molecule has 28 heavy (non-hydrogen) atoms. The normalized spacial score (nSPS) is 37.4. The number of aliphatic hydroxyl groups is 1. The molecule has 7 heteroatoms. The molecule has 2 heterocycles. The van der Waals surface area contributed by atoms with Gasteiger partial charge in [0, 0.05) is 24.6 Å². The molecule has 0 amide bonds. The number of piperidine rings is 1. The third kappa shape index (κ3) is 2.12. The molecule has 3 fully saturated rings. The van der Waals surface area contributed by atoms with Crippen LogP contribution in [0.5, 0.6) is 11.5 Å². The molecular formula is C21H25NO6. The SMILES string of the molecule is O=C1CC[C@@]2(O)[C@H]3Cc4ccc(O)c5c4[C@@]2(CCN3CC2CC2)[C@H]1O5.O=CO. The van der Waals surface area contributed by atoms with Gasteiger partial charge in [0.05, 0.1) is 11.0 Å². The Balaban J connectivity index is 0.000000538. The summed E-state index contributed by atoms with van der Waals surface area (Å²) in [5.74, 6) is 1.39. The third-order valence-electron chi connectivity index (χ3n) is 7.56. The smallest absolute Gasteiger partial charge is 0.290 e. The van der Waals surface area contributed by atoms with E-state index in [-0.39, 0.29) is 24.0 Å². The van der Waals surface area contributed by atoms with Crippen molar-refractivity contribution in [1.82, 2.24) is 4.90 Å². The second-order valence-corrected chi connectivity index (χ2v) is 8.82. The van der Waals surface area contributed by atoms with Gasteiger partial charge in [-0.05, 0) is 56.2 Å². The second kappa shape index (κ2) is 5.94. The largest absolute Gasteiger partial charge is 0.504 e. The summed E-state index contributed by atoms with van der Waals surface area (Å²) in [4.78, 5) is 23.5. The van der Waals surface area contributed by atoms with Crippen molar-refractivity contribution in [3.63, 3.8) is 0 Å². The number of likely N-dealkylation sites (tertiary alicyclic amines) is 1. The highest BCUT2D eigenvalue weighted by Gasteiger charge is 2.73. The van der Waals surface area contributed by atoms with Crippen molar-refractivity contribution >= 4 is 12.3 Å². The molecule has 2 aliphatic heterocycles. The summed E-state index contributed by atoms with van der Waals surface area (Å²) in [5.41, 5.74) is 0.454. The average molecular weight is 387 g/mol. The third-order valence-corrected chi connectivity index (χ3v) is 7.56. The first-order valence-corrected chi connectivity index (χ1v) is 10.0. The summed E-state index contributed by atoms with van der Waals surface area (Å²) in [6.07, 6.45) is 4.33. The van der Waals surface area contributed by atoms with Gasteiger partial charge < -0.3 is 20.1 Å². The molecule has 1 aromatic carbocycles. The van der Waals surface area contributed by atoms with Gasteiger partial charge in [-0.25, -0.2) is 0 Å². The zero-order valence-electron chi connectivity index (χ0n) is 15.6. The van der Waals surface area contributed by atoms with Crippen molar-refractivity contribution in [1.29, 1.82) is 0 Å². The fourth-order valence-electron chi connectivity index (χ4n) is 6.26. The van der Waals surface area contributed by atoms with Gasteiger partial charge in [0.15, 0.2) is 23.4 Å². The van der Waals surface area contributed by atoms with Crippen LogP contribution >= 0.6 is 0 Å². The van der Waals surface area contributed by atoms with Crippen LogP contribution in [0.25, 0.3) is 0 Å². The van der Waals surface area contributed by atoms with Crippen molar-refractivity contribution in [3.8, 4) is 11.5 Å². The lowest BCUT2D eigenvalue weighted by atomic mass is 9.49. The number of benzene rings is 1. The van der Waals surface area contributed by atoms with E-state index in [1.54, 1.807) is 6.07 Å². The summed E-state index contributed by atoms with van der Waals surface area (Å²) >= 11 is 0. The second-order valence-electron chi connectivity index (χ2n) is 8.82. The number of carboxylic acid groups (broad SMARTS) is 1. The first-order chi connectivity index (χ1) is 13.5. The van der Waals surface area contributed by atoms with Gasteiger partial charge in [-0.3, -0.25) is 14.5 Å². The van der Waals surface area contributed by atoms with Crippen LogP contribution in [0.4, 0.5) is 0 Å². The summed E-state index contributed by atoms with van der Waals surface area (Å²) in [7, 11) is 0. The molecule has 2 bridgehead atoms. The van der Waals surface area contributed by atoms with E-state index < -0.39 is 17.1 Å². The molecule has 150 valence electrons. The molecule has 2 saturated carbocycles. The minimum Gasteiger partial charge on any atom is -0.504 e. The van der Waals surface area contributed by atoms with Crippen molar-refractivity contribution in [2.24, 2.45) is 5.92 Å². The number of ketones is 1. The Morgan fingerprint density at radius 2 is 2.04 bits per heavy atom. The average Bonchev–Trinajstić information content (AvgIpc) is 3.40. The standard InChI is InChI=1S/C20H23NO4.CH2O2/c22-13-4-3-12-9-15-20(24)6-5-14(23)18-19(20,16(12)17(13)25-18)7-8-21(15)10-11-1-2-11;2-1-3/h3-4,11,15,18,22,24H,1-2,5-10H2;1H,(H,2,3)/t15-,18+,19+,20-;/m1./s1. The molecule has 0 aromatic heterocycles. The zero-order valence-corrected chi connectivity index (χ0v) is 15.6. The van der Waals surface area contributed by atoms with E-state index in [0.29, 0.717) is 18.6 Å². The van der Waals surface area contributed by atoms with Gasteiger partial charge in [0.1, 0.15) is 0 Å². The quantitative estimate of drug-likeness (QED) is 0.655. The van der Waals surface area contributed by atoms with Crippen LogP contribution in [0.3, 0.4) is 0 Å². The van der Waals surface area contributed by atoms with E-state index in [1.165, 1.54) is 12.8 Å². The van der Waals surface area contributed by atoms with E-state index in [2.05, 4.69) is 4.90 Å². The van der Waals surface area contributed by atoms with E-state index in [0.717, 1.165) is 43.0 Å². The van der Waals surface area contributed by atoms with Gasteiger partial charge in [0.2, 0.25) is 0 Å². The monoisotopic (exact) mass is 387 g/mol. The lowest BCUT2D eigenvalue weighted by molar-refractivity contribution is -0.188. The van der Waals surface area contributed by atoms with Crippen molar-refractivity contribution in [2.45, 2.75) is 61.7 Å². The maximum absolute atomic E-state index is 12.7. The molecule has 4 atom stereocenters. The summed E-state index contributed by atoms with van der Waals surface area (Å²) < 4.78 is 6.04. The highest BCUT2D eigenvalue weighted by atomic mass is 16.5. The molecule has 3 N–H and O–H groups in total. The summed E-state index contributed by atoms with van der Waals surface area (Å²) in [6, 6.07) is 3.69. The predicted octanol–water partition coefficient (Wildman–Crippen LogP) is 1.23. The van der Waals surface area contributed by atoms with Crippen molar-refractivity contribution in [2.75, 3.05) is 13.1 Å². The van der Waals surface area contributed by atoms with Crippen molar-refractivity contribution < 1.29 is 29.6 Å². The Labute approximate surface area is 162 Å². The van der Waals surface area contributed by atoms with Gasteiger partial charge in [0.25, 0.3) is 6.47 Å². The molecule has 5 aliphatic rings. The van der Waals surface area contributed by atoms with E-state index >= 15 is 0 Å². The predicted molar refractivity (Wildman–Crippen MR) is 98.5 cm³/mol. The van der Waals surface area contributed by atoms with Crippen LogP contribution in [0.15, 0.2) is 12.1 Å². The molecular weight excluding hydrogens is 362 g/mol. The number of phenolic OH excluding ortho intramolecular Hbond substituents is 1. The minimum atomic E-state index is -0.940. The number of aromatic hydroxyl groups is 1. The number of ether oxygens (including phenoxy) is 1. The fraction of sp³-hybridized carbons (Fsp3) is 0.619. The molecule has 0 unspecified atom stereocenters. The van der Waals surface area contributed by atoms with Crippen molar-refractivity contribution in [3.05, 3.63) is 23.3 Å². The Hall–Kier alpha value is -2.12. The molecule has 1 saturated heterocycles. The van der Waals surface area contributed by atoms with E-state index in [4.69, 9.17) is 14.6 Å². The number of hydrogen-bond donors (Lipinski definition) is 3. The molecule has 1 spiro atoms. The molecule has 1 aromatic rings. The molecule has 0 radical (unpaired) electrons. The van der Waals surface area contributed by atoms with Crippen LogP contribution < -0.4 is 4.74 Å². The van der Waals surface area contributed by atoms with E-state index in [1.807, 2.05) is 6.07 Å². The van der Waals surface area contributed by atoms with Crippen LogP contribution in [0, 0.1) is 5.92 Å². The maximum Gasteiger partial charge on any atom is 0.290 e. The Kier molecular flexibility index (Phi) is 3.81. The fourth-order valence-corrected chi connectivity index (χ4v) is 6.26. The van der Waals surface area contributed by atoms with Gasteiger partial charge in [-0.1, -0.05) is 6.07 Å². The van der Waals surface area contributed by atoms with Gasteiger partial charge >= 0.3 is 0 Å². The number of nitrogens with zero attached hydrogens (tertiary/aromatic N) is 1. The summed E-state index contributed by atoms with van der Waals surface area (Å²) in [5, 5.41) is 29.2. The van der Waals surface area contributed by atoms with Crippen LogP contribution in [-0.4, -0.2) is 63.3 Å². The van der Waals surface area contributed by atoms with Crippen LogP contribution in [0.2, 0.25) is 0 Å². The number of phenols is 1. The molecule has 7 nitrogen and oxygen atoms in total. The number of rotatable bonds is 2. The number of carbonyl (C=O) groups is 2. The number of carbonyl (C=O) groups excluding carboxylic acids is 1. The topological polar surface area (TPSA) is 107 Å². The maximum atomic E-state index is 12.7. The number of hydrogen-bond acceptors (Lipinski definition) is 6. The minimum absolute atomic E-state index is 0.0454. The highest BCUT2D eigenvalue weighted by molar-refractivity contribution is 5.90.